The molecule has 0 aliphatic carbocycles. The molecule has 0 saturated heterocycles. The molecule has 108 valence electrons. The van der Waals surface area contributed by atoms with Crippen molar-refractivity contribution in [2.45, 2.75) is 45.1 Å². The van der Waals surface area contributed by atoms with Gasteiger partial charge in [0.25, 0.3) is 0 Å². The van der Waals surface area contributed by atoms with E-state index in [-0.39, 0.29) is 0 Å². The molecule has 0 amide bonds. The Morgan fingerprint density at radius 3 is 2.45 bits per heavy atom. The van der Waals surface area contributed by atoms with E-state index in [2.05, 4.69) is 67.0 Å². The third-order valence-corrected chi connectivity index (χ3v) is 4.84. The lowest BCUT2D eigenvalue weighted by Crippen LogP contribution is -2.35. The molecule has 1 aromatic heterocycles. The molecule has 2 heteroatoms. The second-order valence-electron chi connectivity index (χ2n) is 5.21. The summed E-state index contributed by atoms with van der Waals surface area (Å²) in [5.74, 6) is 0.608. The summed E-state index contributed by atoms with van der Waals surface area (Å²) in [7, 11) is 0. The summed E-state index contributed by atoms with van der Waals surface area (Å²) < 4.78 is 0. The van der Waals surface area contributed by atoms with Gasteiger partial charge < -0.3 is 5.32 Å². The summed E-state index contributed by atoms with van der Waals surface area (Å²) in [6.45, 7) is 5.54. The topological polar surface area (TPSA) is 12.0 Å². The van der Waals surface area contributed by atoms with Crippen LogP contribution in [0.3, 0.4) is 0 Å². The van der Waals surface area contributed by atoms with E-state index in [1.165, 1.54) is 29.7 Å². The van der Waals surface area contributed by atoms with E-state index in [1.807, 2.05) is 11.3 Å². The van der Waals surface area contributed by atoms with Crippen LogP contribution in [0, 0.1) is 0 Å². The fourth-order valence-corrected chi connectivity index (χ4v) is 3.64. The number of thiophene rings is 1. The molecule has 0 bridgehead atoms. The molecule has 1 nitrogen and oxygen atoms in total. The van der Waals surface area contributed by atoms with Crippen molar-refractivity contribution < 1.29 is 0 Å². The molecule has 2 rings (SSSR count). The first-order valence-corrected chi connectivity index (χ1v) is 8.53. The Morgan fingerprint density at radius 1 is 1.05 bits per heavy atom. The highest BCUT2D eigenvalue weighted by Gasteiger charge is 2.20. The predicted molar refractivity (Wildman–Crippen MR) is 89.6 cm³/mol. The molecule has 2 unspecified atom stereocenters. The zero-order valence-corrected chi connectivity index (χ0v) is 13.3. The lowest BCUT2D eigenvalue weighted by Gasteiger charge is -2.27. The Hall–Kier alpha value is -1.12. The number of aryl methyl sites for hydroxylation is 1. The SMILES string of the molecule is CCNC(CCc1cccs1)C(CC)c1ccccc1. The minimum atomic E-state index is 0.564. The van der Waals surface area contributed by atoms with Crippen molar-refractivity contribution in [3.05, 3.63) is 58.3 Å². The number of benzene rings is 1. The van der Waals surface area contributed by atoms with Gasteiger partial charge >= 0.3 is 0 Å². The molecule has 0 saturated carbocycles. The number of likely N-dealkylation sites (N-methyl/N-ethyl adjacent to an activating group) is 1. The van der Waals surface area contributed by atoms with Crippen molar-refractivity contribution >= 4 is 11.3 Å². The molecule has 0 radical (unpaired) electrons. The van der Waals surface area contributed by atoms with Gasteiger partial charge in [-0.05, 0) is 48.7 Å². The highest BCUT2D eigenvalue weighted by atomic mass is 32.1. The molecular weight excluding hydrogens is 262 g/mol. The lowest BCUT2D eigenvalue weighted by atomic mass is 9.86. The van der Waals surface area contributed by atoms with Gasteiger partial charge in [0.05, 0.1) is 0 Å². The standard InChI is InChI=1S/C18H25NS/c1-3-17(15-9-6-5-7-10-15)18(19-4-2)13-12-16-11-8-14-20-16/h5-11,14,17-19H,3-4,12-13H2,1-2H3. The van der Waals surface area contributed by atoms with Crippen molar-refractivity contribution in [2.24, 2.45) is 0 Å². The van der Waals surface area contributed by atoms with E-state index in [9.17, 15) is 0 Å². The summed E-state index contributed by atoms with van der Waals surface area (Å²) in [5, 5.41) is 5.87. The maximum absolute atomic E-state index is 3.70. The minimum absolute atomic E-state index is 0.564. The van der Waals surface area contributed by atoms with Crippen molar-refractivity contribution in [1.82, 2.24) is 5.32 Å². The summed E-state index contributed by atoms with van der Waals surface area (Å²) >= 11 is 1.87. The number of nitrogens with one attached hydrogen (secondary N) is 1. The maximum Gasteiger partial charge on any atom is 0.0139 e. The molecule has 1 aromatic carbocycles. The van der Waals surface area contributed by atoms with Gasteiger partial charge in [0, 0.05) is 10.9 Å². The third-order valence-electron chi connectivity index (χ3n) is 3.90. The first-order valence-electron chi connectivity index (χ1n) is 7.65. The fourth-order valence-electron chi connectivity index (χ4n) is 2.91. The van der Waals surface area contributed by atoms with Crippen LogP contribution in [0.2, 0.25) is 0 Å². The zero-order valence-electron chi connectivity index (χ0n) is 12.5. The molecule has 0 aliphatic heterocycles. The van der Waals surface area contributed by atoms with E-state index in [4.69, 9.17) is 0 Å². The fraction of sp³-hybridized carbons (Fsp3) is 0.444. The Morgan fingerprint density at radius 2 is 1.85 bits per heavy atom. The molecule has 2 atom stereocenters. The average Bonchev–Trinajstić information content (AvgIpc) is 3.00. The minimum Gasteiger partial charge on any atom is -0.314 e. The molecule has 1 N–H and O–H groups in total. The van der Waals surface area contributed by atoms with Crippen LogP contribution in [0.1, 0.15) is 43.0 Å². The molecule has 0 aliphatic rings. The van der Waals surface area contributed by atoms with Crippen LogP contribution in [0.4, 0.5) is 0 Å². The van der Waals surface area contributed by atoms with Crippen molar-refractivity contribution in [1.29, 1.82) is 0 Å². The summed E-state index contributed by atoms with van der Waals surface area (Å²) in [6, 6.07) is 15.9. The molecule has 2 aromatic rings. The van der Waals surface area contributed by atoms with Crippen LogP contribution in [0.15, 0.2) is 47.8 Å². The molecule has 20 heavy (non-hydrogen) atoms. The van der Waals surface area contributed by atoms with Gasteiger partial charge in [0.15, 0.2) is 0 Å². The molecule has 0 spiro atoms. The van der Waals surface area contributed by atoms with Gasteiger partial charge in [0.2, 0.25) is 0 Å². The van der Waals surface area contributed by atoms with Gasteiger partial charge in [-0.15, -0.1) is 11.3 Å². The van der Waals surface area contributed by atoms with Crippen LogP contribution in [-0.4, -0.2) is 12.6 Å². The van der Waals surface area contributed by atoms with E-state index in [0.717, 1.165) is 6.54 Å². The highest BCUT2D eigenvalue weighted by molar-refractivity contribution is 7.09. The zero-order chi connectivity index (χ0) is 14.2. The van der Waals surface area contributed by atoms with Gasteiger partial charge in [-0.2, -0.15) is 0 Å². The van der Waals surface area contributed by atoms with E-state index < -0.39 is 0 Å². The van der Waals surface area contributed by atoms with Crippen LogP contribution in [0.25, 0.3) is 0 Å². The van der Waals surface area contributed by atoms with Crippen LogP contribution in [0.5, 0.6) is 0 Å². The summed E-state index contributed by atoms with van der Waals surface area (Å²) in [5.41, 5.74) is 1.46. The van der Waals surface area contributed by atoms with Crippen molar-refractivity contribution in [2.75, 3.05) is 6.54 Å². The summed E-state index contributed by atoms with van der Waals surface area (Å²) in [4.78, 5) is 1.50. The number of rotatable bonds is 8. The molecular formula is C18H25NS. The van der Waals surface area contributed by atoms with Crippen LogP contribution >= 0.6 is 11.3 Å². The van der Waals surface area contributed by atoms with E-state index >= 15 is 0 Å². The van der Waals surface area contributed by atoms with Gasteiger partial charge in [0.1, 0.15) is 0 Å². The second kappa shape index (κ2) is 8.23. The van der Waals surface area contributed by atoms with Gasteiger partial charge in [-0.3, -0.25) is 0 Å². The monoisotopic (exact) mass is 287 g/mol. The van der Waals surface area contributed by atoms with E-state index in [0.29, 0.717) is 12.0 Å². The smallest absolute Gasteiger partial charge is 0.0139 e. The normalized spacial score (nSPS) is 14.1. The van der Waals surface area contributed by atoms with Crippen molar-refractivity contribution in [3.63, 3.8) is 0 Å². The second-order valence-corrected chi connectivity index (χ2v) is 6.24. The summed E-state index contributed by atoms with van der Waals surface area (Å²) in [6.07, 6.45) is 3.58. The quantitative estimate of drug-likeness (QED) is 0.731. The highest BCUT2D eigenvalue weighted by Crippen LogP contribution is 2.26. The molecule has 0 fully saturated rings. The Balaban J connectivity index is 2.05. The average molecular weight is 287 g/mol. The van der Waals surface area contributed by atoms with E-state index in [1.54, 1.807) is 0 Å². The first-order chi connectivity index (χ1) is 9.85. The Bertz CT molecular complexity index is 463. The van der Waals surface area contributed by atoms with Gasteiger partial charge in [-0.25, -0.2) is 0 Å². The number of hydrogen-bond acceptors (Lipinski definition) is 2. The predicted octanol–water partition coefficient (Wildman–Crippen LogP) is 4.85. The Labute approximate surface area is 127 Å². The molecule has 1 heterocycles. The largest absolute Gasteiger partial charge is 0.314 e. The Kier molecular flexibility index (Phi) is 6.28. The maximum atomic E-state index is 3.70. The number of hydrogen-bond donors (Lipinski definition) is 1. The van der Waals surface area contributed by atoms with Crippen molar-refractivity contribution in [3.8, 4) is 0 Å². The van der Waals surface area contributed by atoms with Crippen LogP contribution in [-0.2, 0) is 6.42 Å². The third kappa shape index (κ3) is 4.19. The van der Waals surface area contributed by atoms with Crippen LogP contribution < -0.4 is 5.32 Å². The first kappa shape index (κ1) is 15.3. The van der Waals surface area contributed by atoms with Gasteiger partial charge in [-0.1, -0.05) is 50.2 Å². The lowest BCUT2D eigenvalue weighted by molar-refractivity contribution is 0.408.